The topological polar surface area (TPSA) is 84.9 Å². The summed E-state index contributed by atoms with van der Waals surface area (Å²) in [6.45, 7) is 4.55. The van der Waals surface area contributed by atoms with Gasteiger partial charge in [-0.1, -0.05) is 29.8 Å². The molecule has 0 spiro atoms. The predicted octanol–water partition coefficient (Wildman–Crippen LogP) is 4.22. The first-order valence-corrected chi connectivity index (χ1v) is 11.1. The van der Waals surface area contributed by atoms with Crippen molar-refractivity contribution >= 4 is 35.1 Å². The average molecular weight is 459 g/mol. The molecular formula is C24H27ClN2O5. The van der Waals surface area contributed by atoms with Crippen LogP contribution in [0, 0.1) is 0 Å². The van der Waals surface area contributed by atoms with Crippen molar-refractivity contribution in [1.82, 2.24) is 4.90 Å². The molecule has 1 heterocycles. The molecule has 1 N–H and O–H groups in total. The molecule has 0 bridgehead atoms. The van der Waals surface area contributed by atoms with E-state index in [-0.39, 0.29) is 25.0 Å². The molecule has 0 radical (unpaired) electrons. The van der Waals surface area contributed by atoms with Gasteiger partial charge in [-0.05, 0) is 62.6 Å². The summed E-state index contributed by atoms with van der Waals surface area (Å²) in [6, 6.07) is 12.5. The number of hydrogen-bond acceptors (Lipinski definition) is 5. The maximum absolute atomic E-state index is 13.4. The number of nitrogens with zero attached hydrogens (tertiary/aromatic N) is 1. The highest BCUT2D eigenvalue weighted by Gasteiger charge is 2.32. The van der Waals surface area contributed by atoms with Gasteiger partial charge in [0.05, 0.1) is 6.61 Å². The van der Waals surface area contributed by atoms with Gasteiger partial charge < -0.3 is 19.7 Å². The van der Waals surface area contributed by atoms with E-state index in [0.717, 1.165) is 6.42 Å². The Hall–Kier alpha value is -2.90. The van der Waals surface area contributed by atoms with E-state index in [1.807, 2.05) is 0 Å². The van der Waals surface area contributed by atoms with Gasteiger partial charge in [0.25, 0.3) is 11.8 Å². The van der Waals surface area contributed by atoms with E-state index in [1.165, 1.54) is 4.90 Å². The Morgan fingerprint density at radius 3 is 2.56 bits per heavy atom. The second kappa shape index (κ2) is 11.1. The van der Waals surface area contributed by atoms with E-state index in [1.54, 1.807) is 62.4 Å². The number of ether oxygens (including phenoxy) is 2. The number of nitrogens with one attached hydrogen (secondary N) is 1. The third-order valence-corrected chi connectivity index (χ3v) is 5.46. The number of esters is 1. The third-order valence-electron chi connectivity index (χ3n) is 5.21. The molecule has 2 unspecified atom stereocenters. The van der Waals surface area contributed by atoms with Crippen molar-refractivity contribution in [2.45, 2.75) is 38.8 Å². The van der Waals surface area contributed by atoms with E-state index in [4.69, 9.17) is 21.1 Å². The van der Waals surface area contributed by atoms with Gasteiger partial charge in [-0.25, -0.2) is 4.79 Å². The summed E-state index contributed by atoms with van der Waals surface area (Å²) < 4.78 is 10.7. The second-order valence-corrected chi connectivity index (χ2v) is 7.81. The van der Waals surface area contributed by atoms with E-state index >= 15 is 0 Å². The number of halogens is 1. The molecule has 7 nitrogen and oxygen atoms in total. The van der Waals surface area contributed by atoms with Gasteiger partial charge in [0, 0.05) is 29.4 Å². The predicted molar refractivity (Wildman–Crippen MR) is 122 cm³/mol. The standard InChI is InChI=1S/C24H27ClN2O5/c1-3-27(21(24(30)31-4-2)16-10-12-18(25)13-11-16)23(29)17-7-5-8-19(15-17)26-22(28)20-9-6-14-32-20/h5,7-8,10-13,15,20-21H,3-4,6,9,14H2,1-2H3,(H,26,28). The quantitative estimate of drug-likeness (QED) is 0.598. The lowest BCUT2D eigenvalue weighted by Gasteiger charge is -2.30. The first-order chi connectivity index (χ1) is 15.4. The van der Waals surface area contributed by atoms with Gasteiger partial charge in [0.2, 0.25) is 0 Å². The van der Waals surface area contributed by atoms with Crippen molar-refractivity contribution in [2.24, 2.45) is 0 Å². The van der Waals surface area contributed by atoms with Crippen LogP contribution in [0.4, 0.5) is 5.69 Å². The van der Waals surface area contributed by atoms with E-state index in [9.17, 15) is 14.4 Å². The van der Waals surface area contributed by atoms with E-state index in [0.29, 0.717) is 34.9 Å². The molecule has 0 aromatic heterocycles. The summed E-state index contributed by atoms with van der Waals surface area (Å²) in [5, 5.41) is 3.33. The maximum Gasteiger partial charge on any atom is 0.333 e. The number of likely N-dealkylation sites (N-methyl/N-ethyl adjacent to an activating group) is 1. The minimum absolute atomic E-state index is 0.194. The molecule has 3 rings (SSSR count). The number of carbonyl (C=O) groups excluding carboxylic acids is 3. The lowest BCUT2D eigenvalue weighted by Crippen LogP contribution is -2.39. The Morgan fingerprint density at radius 1 is 1.19 bits per heavy atom. The van der Waals surface area contributed by atoms with Crippen LogP contribution in [0.3, 0.4) is 0 Å². The minimum atomic E-state index is -0.921. The Balaban J connectivity index is 1.85. The highest BCUT2D eigenvalue weighted by atomic mass is 35.5. The fourth-order valence-electron chi connectivity index (χ4n) is 3.66. The number of amides is 2. The van der Waals surface area contributed by atoms with E-state index < -0.39 is 18.1 Å². The summed E-state index contributed by atoms with van der Waals surface area (Å²) in [4.78, 5) is 40.0. The molecule has 1 aliphatic heterocycles. The second-order valence-electron chi connectivity index (χ2n) is 7.37. The Kier molecular flexibility index (Phi) is 8.25. The molecular weight excluding hydrogens is 432 g/mol. The van der Waals surface area contributed by atoms with Crippen molar-refractivity contribution in [3.05, 3.63) is 64.7 Å². The molecule has 1 aliphatic rings. The summed E-state index contributed by atoms with van der Waals surface area (Å²) in [5.41, 5.74) is 1.44. The largest absolute Gasteiger partial charge is 0.464 e. The van der Waals surface area contributed by atoms with Crippen LogP contribution < -0.4 is 5.32 Å². The highest BCUT2D eigenvalue weighted by molar-refractivity contribution is 6.30. The van der Waals surface area contributed by atoms with Gasteiger partial charge in [-0.15, -0.1) is 0 Å². The Bertz CT molecular complexity index is 957. The molecule has 8 heteroatoms. The van der Waals surface area contributed by atoms with Gasteiger partial charge >= 0.3 is 5.97 Å². The first kappa shape index (κ1) is 23.8. The monoisotopic (exact) mass is 458 g/mol. The lowest BCUT2D eigenvalue weighted by atomic mass is 10.0. The zero-order valence-electron chi connectivity index (χ0n) is 18.2. The van der Waals surface area contributed by atoms with Crippen LogP contribution in [0.25, 0.3) is 0 Å². The first-order valence-electron chi connectivity index (χ1n) is 10.7. The lowest BCUT2D eigenvalue weighted by molar-refractivity contribution is -0.148. The Morgan fingerprint density at radius 2 is 1.94 bits per heavy atom. The highest BCUT2D eigenvalue weighted by Crippen LogP contribution is 2.27. The molecule has 0 aliphatic carbocycles. The summed E-state index contributed by atoms with van der Waals surface area (Å²) in [5.74, 6) is -1.11. The number of carbonyl (C=O) groups is 3. The molecule has 170 valence electrons. The number of rotatable bonds is 8. The SMILES string of the molecule is CCOC(=O)C(c1ccc(Cl)cc1)N(CC)C(=O)c1cccc(NC(=O)C2CCCO2)c1. The third kappa shape index (κ3) is 5.66. The van der Waals surface area contributed by atoms with Crippen molar-refractivity contribution < 1.29 is 23.9 Å². The van der Waals surface area contributed by atoms with Gasteiger partial charge in [0.1, 0.15) is 6.10 Å². The van der Waals surface area contributed by atoms with Gasteiger partial charge in [-0.3, -0.25) is 9.59 Å². The number of benzene rings is 2. The van der Waals surface area contributed by atoms with Crippen LogP contribution >= 0.6 is 11.6 Å². The molecule has 2 amide bonds. The van der Waals surface area contributed by atoms with Crippen LogP contribution in [0.1, 0.15) is 48.7 Å². The van der Waals surface area contributed by atoms with Crippen LogP contribution in [0.5, 0.6) is 0 Å². The van der Waals surface area contributed by atoms with Crippen LogP contribution in [-0.2, 0) is 19.1 Å². The van der Waals surface area contributed by atoms with Gasteiger partial charge in [-0.2, -0.15) is 0 Å². The minimum Gasteiger partial charge on any atom is -0.464 e. The Labute approximate surface area is 192 Å². The fourth-order valence-corrected chi connectivity index (χ4v) is 3.78. The average Bonchev–Trinajstić information content (AvgIpc) is 3.33. The zero-order chi connectivity index (χ0) is 23.1. The maximum atomic E-state index is 13.4. The molecule has 2 aromatic rings. The van der Waals surface area contributed by atoms with Crippen molar-refractivity contribution in [1.29, 1.82) is 0 Å². The van der Waals surface area contributed by atoms with Crippen molar-refractivity contribution in [3.8, 4) is 0 Å². The van der Waals surface area contributed by atoms with Crippen LogP contribution in [-0.4, -0.2) is 48.5 Å². The molecule has 32 heavy (non-hydrogen) atoms. The molecule has 2 atom stereocenters. The number of hydrogen-bond donors (Lipinski definition) is 1. The van der Waals surface area contributed by atoms with Crippen LogP contribution in [0.2, 0.25) is 5.02 Å². The molecule has 2 aromatic carbocycles. The van der Waals surface area contributed by atoms with Gasteiger partial charge in [0.15, 0.2) is 6.04 Å². The summed E-state index contributed by atoms with van der Waals surface area (Å²) in [6.07, 6.45) is 1.05. The summed E-state index contributed by atoms with van der Waals surface area (Å²) >= 11 is 5.99. The summed E-state index contributed by atoms with van der Waals surface area (Å²) in [7, 11) is 0. The van der Waals surface area contributed by atoms with Crippen molar-refractivity contribution in [3.63, 3.8) is 0 Å². The van der Waals surface area contributed by atoms with Crippen LogP contribution in [0.15, 0.2) is 48.5 Å². The molecule has 1 saturated heterocycles. The molecule has 1 fully saturated rings. The van der Waals surface area contributed by atoms with E-state index in [2.05, 4.69) is 5.32 Å². The van der Waals surface area contributed by atoms with Crippen molar-refractivity contribution in [2.75, 3.05) is 25.1 Å². The zero-order valence-corrected chi connectivity index (χ0v) is 18.9. The molecule has 0 saturated carbocycles. The number of anilines is 1. The smallest absolute Gasteiger partial charge is 0.333 e. The normalized spacial score (nSPS) is 16.3. The fraction of sp³-hybridized carbons (Fsp3) is 0.375.